The van der Waals surface area contributed by atoms with Crippen LogP contribution in [0.5, 0.6) is 0 Å². The number of benzene rings is 1. The van der Waals surface area contributed by atoms with Crippen molar-refractivity contribution >= 4 is 44.1 Å². The van der Waals surface area contributed by atoms with Gasteiger partial charge in [-0.1, -0.05) is 0 Å². The van der Waals surface area contributed by atoms with E-state index in [-0.39, 0.29) is 11.7 Å². The molecule has 6 heteroatoms. The quantitative estimate of drug-likeness (QED) is 0.725. The van der Waals surface area contributed by atoms with Gasteiger partial charge in [-0.05, 0) is 52.7 Å². The summed E-state index contributed by atoms with van der Waals surface area (Å²) in [5.41, 5.74) is 1.35. The van der Waals surface area contributed by atoms with Crippen molar-refractivity contribution in [3.05, 3.63) is 56.6 Å². The lowest BCUT2D eigenvalue weighted by molar-refractivity contribution is 0.0955. The number of amides is 1. The van der Waals surface area contributed by atoms with Gasteiger partial charge in [0.15, 0.2) is 0 Å². The first-order chi connectivity index (χ1) is 10.5. The summed E-state index contributed by atoms with van der Waals surface area (Å²) < 4.78 is 16.3. The number of hydrogen-bond acceptors (Lipinski definition) is 2. The van der Waals surface area contributed by atoms with E-state index in [0.717, 1.165) is 15.7 Å². The third-order valence-corrected chi connectivity index (χ3v) is 5.17. The summed E-state index contributed by atoms with van der Waals surface area (Å²) in [5.74, 6) is -0.511. The molecule has 2 heterocycles. The minimum atomic E-state index is -0.337. The Morgan fingerprint density at radius 3 is 2.91 bits per heavy atom. The van der Waals surface area contributed by atoms with E-state index in [1.54, 1.807) is 23.6 Å². The fraction of sp³-hybridized carbons (Fsp3) is 0.188. The predicted molar refractivity (Wildman–Crippen MR) is 90.9 cm³/mol. The van der Waals surface area contributed by atoms with Crippen LogP contribution in [-0.4, -0.2) is 17.0 Å². The van der Waals surface area contributed by atoms with Crippen LogP contribution in [0.4, 0.5) is 4.39 Å². The number of nitrogens with one attached hydrogen (secondary N) is 1. The Morgan fingerprint density at radius 2 is 2.18 bits per heavy atom. The van der Waals surface area contributed by atoms with Crippen LogP contribution in [0.1, 0.15) is 15.2 Å². The second-order valence-corrected chi connectivity index (χ2v) is 7.57. The lowest BCUT2D eigenvalue weighted by Crippen LogP contribution is -2.25. The van der Waals surface area contributed by atoms with Crippen LogP contribution >= 0.6 is 27.3 Å². The minimum Gasteiger partial charge on any atom is -0.352 e. The summed E-state index contributed by atoms with van der Waals surface area (Å²) in [7, 11) is 1.85. The molecule has 1 amide bonds. The van der Waals surface area contributed by atoms with Crippen molar-refractivity contribution in [2.45, 2.75) is 6.42 Å². The Kier molecular flexibility index (Phi) is 4.31. The van der Waals surface area contributed by atoms with Gasteiger partial charge < -0.3 is 9.88 Å². The van der Waals surface area contributed by atoms with E-state index in [2.05, 4.69) is 21.2 Å². The summed E-state index contributed by atoms with van der Waals surface area (Å²) in [4.78, 5) is 13.5. The zero-order chi connectivity index (χ0) is 15.7. The van der Waals surface area contributed by atoms with Gasteiger partial charge in [-0.25, -0.2) is 4.39 Å². The maximum atomic E-state index is 13.4. The molecule has 0 saturated carbocycles. The number of carbonyl (C=O) groups is 1. The Balaban J connectivity index is 1.73. The number of carbonyl (C=O) groups excluding carboxylic acids is 1. The first-order valence-electron chi connectivity index (χ1n) is 6.81. The van der Waals surface area contributed by atoms with Crippen molar-refractivity contribution in [3.63, 3.8) is 0 Å². The van der Waals surface area contributed by atoms with Gasteiger partial charge in [-0.3, -0.25) is 4.79 Å². The number of rotatable bonds is 4. The molecular weight excluding hydrogens is 367 g/mol. The Hall–Kier alpha value is -1.66. The summed E-state index contributed by atoms with van der Waals surface area (Å²) in [5, 5.41) is 3.54. The molecule has 0 atom stereocenters. The third kappa shape index (κ3) is 3.08. The second kappa shape index (κ2) is 6.22. The third-order valence-electron chi connectivity index (χ3n) is 3.48. The summed E-state index contributed by atoms with van der Waals surface area (Å²) in [6.45, 7) is 0.553. The lowest BCUT2D eigenvalue weighted by atomic mass is 10.1. The van der Waals surface area contributed by atoms with Crippen molar-refractivity contribution in [2.24, 2.45) is 7.05 Å². The van der Waals surface area contributed by atoms with Crippen LogP contribution in [-0.2, 0) is 13.5 Å². The van der Waals surface area contributed by atoms with E-state index in [4.69, 9.17) is 0 Å². The van der Waals surface area contributed by atoms with Gasteiger partial charge >= 0.3 is 0 Å². The topological polar surface area (TPSA) is 34.0 Å². The zero-order valence-electron chi connectivity index (χ0n) is 11.9. The zero-order valence-corrected chi connectivity index (χ0v) is 14.3. The minimum absolute atomic E-state index is 0.174. The predicted octanol–water partition coefficient (Wildman–Crippen LogP) is 4.11. The average molecular weight is 381 g/mol. The van der Waals surface area contributed by atoms with Crippen molar-refractivity contribution in [3.8, 4) is 0 Å². The van der Waals surface area contributed by atoms with Crippen LogP contribution in [0.2, 0.25) is 0 Å². The van der Waals surface area contributed by atoms with E-state index < -0.39 is 0 Å². The van der Waals surface area contributed by atoms with Gasteiger partial charge in [-0.15, -0.1) is 11.3 Å². The van der Waals surface area contributed by atoms with Gasteiger partial charge in [0.05, 0.1) is 9.35 Å². The number of aryl methyl sites for hydroxylation is 1. The van der Waals surface area contributed by atoms with E-state index in [1.807, 2.05) is 23.7 Å². The number of nitrogens with zero attached hydrogens (tertiary/aromatic N) is 1. The van der Waals surface area contributed by atoms with Crippen molar-refractivity contribution < 1.29 is 9.18 Å². The van der Waals surface area contributed by atoms with Crippen LogP contribution in [0.15, 0.2) is 40.3 Å². The molecule has 114 valence electrons. The molecule has 3 aromatic rings. The molecule has 0 fully saturated rings. The molecule has 22 heavy (non-hydrogen) atoms. The first kappa shape index (κ1) is 15.2. The Bertz CT molecular complexity index is 840. The van der Waals surface area contributed by atoms with E-state index in [9.17, 15) is 9.18 Å². The molecule has 2 aromatic heterocycles. The largest absolute Gasteiger partial charge is 0.352 e. The fourth-order valence-corrected chi connectivity index (χ4v) is 3.91. The highest BCUT2D eigenvalue weighted by Crippen LogP contribution is 2.23. The molecule has 1 aromatic carbocycles. The molecule has 0 radical (unpaired) electrons. The highest BCUT2D eigenvalue weighted by atomic mass is 79.9. The Labute approximate surface area is 139 Å². The lowest BCUT2D eigenvalue weighted by Gasteiger charge is -2.03. The molecule has 0 aliphatic carbocycles. The number of aromatic nitrogens is 1. The highest BCUT2D eigenvalue weighted by Gasteiger charge is 2.14. The molecular formula is C16H14BrFN2OS. The molecule has 3 rings (SSSR count). The van der Waals surface area contributed by atoms with Gasteiger partial charge in [0.1, 0.15) is 5.82 Å². The van der Waals surface area contributed by atoms with Gasteiger partial charge in [0.2, 0.25) is 0 Å². The van der Waals surface area contributed by atoms with E-state index >= 15 is 0 Å². The van der Waals surface area contributed by atoms with Crippen LogP contribution in [0.25, 0.3) is 10.9 Å². The summed E-state index contributed by atoms with van der Waals surface area (Å²) >= 11 is 5.07. The molecule has 1 N–H and O–H groups in total. The maximum absolute atomic E-state index is 13.4. The fourth-order valence-electron chi connectivity index (χ4n) is 2.43. The Morgan fingerprint density at radius 1 is 1.36 bits per heavy atom. The number of halogens is 2. The van der Waals surface area contributed by atoms with E-state index in [0.29, 0.717) is 17.5 Å². The van der Waals surface area contributed by atoms with Crippen LogP contribution < -0.4 is 5.32 Å². The number of fused-ring (bicyclic) bond motifs is 1. The van der Waals surface area contributed by atoms with Crippen LogP contribution in [0, 0.1) is 5.82 Å². The number of thiophene rings is 1. The highest BCUT2D eigenvalue weighted by molar-refractivity contribution is 9.11. The maximum Gasteiger partial charge on any atom is 0.253 e. The molecule has 0 unspecified atom stereocenters. The molecule has 0 aliphatic heterocycles. The smallest absolute Gasteiger partial charge is 0.253 e. The second-order valence-electron chi connectivity index (χ2n) is 5.03. The van der Waals surface area contributed by atoms with Gasteiger partial charge in [0, 0.05) is 35.6 Å². The first-order valence-corrected chi connectivity index (χ1v) is 8.42. The SMILES string of the molecule is Cn1cc(C(=O)NCCc2ccc(Br)s2)c2cc(F)ccc21. The van der Waals surface area contributed by atoms with E-state index in [1.165, 1.54) is 17.0 Å². The van der Waals surface area contributed by atoms with Crippen molar-refractivity contribution in [2.75, 3.05) is 6.54 Å². The number of hydrogen-bond donors (Lipinski definition) is 1. The normalized spacial score (nSPS) is 11.0. The molecule has 0 saturated heterocycles. The summed E-state index contributed by atoms with van der Waals surface area (Å²) in [6.07, 6.45) is 2.52. The summed E-state index contributed by atoms with van der Waals surface area (Å²) in [6, 6.07) is 8.52. The molecule has 3 nitrogen and oxygen atoms in total. The van der Waals surface area contributed by atoms with Gasteiger partial charge in [0.25, 0.3) is 5.91 Å². The van der Waals surface area contributed by atoms with Crippen LogP contribution in [0.3, 0.4) is 0 Å². The van der Waals surface area contributed by atoms with Gasteiger partial charge in [-0.2, -0.15) is 0 Å². The molecule has 0 bridgehead atoms. The monoisotopic (exact) mass is 380 g/mol. The van der Waals surface area contributed by atoms with Crippen molar-refractivity contribution in [1.29, 1.82) is 0 Å². The van der Waals surface area contributed by atoms with Crippen molar-refractivity contribution in [1.82, 2.24) is 9.88 Å². The molecule has 0 spiro atoms. The average Bonchev–Trinajstić information content (AvgIpc) is 3.03. The standard InChI is InChI=1S/C16H14BrFN2OS/c1-20-9-13(12-8-10(18)2-4-14(12)20)16(21)19-7-6-11-3-5-15(17)22-11/h2-5,8-9H,6-7H2,1H3,(H,19,21). The molecule has 0 aliphatic rings.